The summed E-state index contributed by atoms with van der Waals surface area (Å²) in [5.41, 5.74) is 0.0642. The Kier molecular flexibility index (Phi) is 7.48. The van der Waals surface area contributed by atoms with Gasteiger partial charge < -0.3 is 10.1 Å². The predicted molar refractivity (Wildman–Crippen MR) is 139 cm³/mol. The van der Waals surface area contributed by atoms with Crippen LogP contribution in [0.3, 0.4) is 0 Å². The number of imide groups is 1. The van der Waals surface area contributed by atoms with Gasteiger partial charge in [-0.25, -0.2) is 4.79 Å². The fourth-order valence-corrected chi connectivity index (χ4v) is 5.05. The van der Waals surface area contributed by atoms with Crippen LogP contribution in [0.5, 0.6) is 0 Å². The lowest BCUT2D eigenvalue weighted by atomic mass is 10.0. The highest BCUT2D eigenvalue weighted by molar-refractivity contribution is 6.55. The Balaban J connectivity index is 1.53. The maximum Gasteiger partial charge on any atom is 0.330 e. The van der Waals surface area contributed by atoms with Crippen LogP contribution >= 0.6 is 46.4 Å². The van der Waals surface area contributed by atoms with E-state index in [0.717, 1.165) is 10.8 Å². The second-order valence-corrected chi connectivity index (χ2v) is 9.87. The first-order valence-electron chi connectivity index (χ1n) is 10.7. The maximum atomic E-state index is 13.2. The van der Waals surface area contributed by atoms with Crippen LogP contribution in [-0.2, 0) is 14.3 Å². The molecule has 1 N–H and O–H groups in total. The summed E-state index contributed by atoms with van der Waals surface area (Å²) in [4.78, 5) is 52.6. The first kappa shape index (κ1) is 26.2. The van der Waals surface area contributed by atoms with E-state index in [2.05, 4.69) is 5.32 Å². The van der Waals surface area contributed by atoms with Crippen LogP contribution in [0.4, 0.5) is 5.69 Å². The third-order valence-electron chi connectivity index (χ3n) is 5.69. The highest BCUT2D eigenvalue weighted by Gasteiger charge is 2.48. The average molecular weight is 568 g/mol. The third-order valence-corrected chi connectivity index (χ3v) is 7.49. The third kappa shape index (κ3) is 4.52. The van der Waals surface area contributed by atoms with Gasteiger partial charge in [0.05, 0.1) is 31.2 Å². The topological polar surface area (TPSA) is 92.8 Å². The van der Waals surface area contributed by atoms with Crippen molar-refractivity contribution in [3.05, 3.63) is 73.7 Å². The fourth-order valence-electron chi connectivity index (χ4n) is 4.04. The van der Waals surface area contributed by atoms with Gasteiger partial charge in [-0.3, -0.25) is 19.3 Å². The Labute approximate surface area is 226 Å². The van der Waals surface area contributed by atoms with E-state index in [0.29, 0.717) is 10.6 Å². The summed E-state index contributed by atoms with van der Waals surface area (Å²) in [6, 6.07) is 11.5. The summed E-state index contributed by atoms with van der Waals surface area (Å²) >= 11 is 24.5. The van der Waals surface area contributed by atoms with Crippen LogP contribution in [0.1, 0.15) is 34.6 Å². The molecule has 0 fully saturated rings. The number of amides is 3. The average Bonchev–Trinajstić information content (AvgIpc) is 3.10. The van der Waals surface area contributed by atoms with Gasteiger partial charge in [-0.15, -0.1) is 0 Å². The van der Waals surface area contributed by atoms with E-state index >= 15 is 0 Å². The molecule has 0 unspecified atom stereocenters. The number of nitrogens with zero attached hydrogens (tertiary/aromatic N) is 1. The van der Waals surface area contributed by atoms with E-state index in [1.807, 2.05) is 30.3 Å². The molecule has 4 rings (SSSR count). The molecule has 1 atom stereocenters. The molecule has 0 aliphatic carbocycles. The van der Waals surface area contributed by atoms with E-state index in [9.17, 15) is 19.2 Å². The minimum Gasteiger partial charge on any atom is -0.454 e. The molecule has 0 radical (unpaired) electrons. The first-order valence-corrected chi connectivity index (χ1v) is 12.2. The van der Waals surface area contributed by atoms with E-state index in [-0.39, 0.29) is 31.2 Å². The molecule has 1 aliphatic heterocycles. The maximum absolute atomic E-state index is 13.2. The number of halogens is 4. The lowest BCUT2D eigenvalue weighted by Gasteiger charge is -2.27. The minimum atomic E-state index is -1.35. The Morgan fingerprint density at radius 1 is 0.861 bits per heavy atom. The Morgan fingerprint density at radius 3 is 2.00 bits per heavy atom. The fraction of sp³-hybridized carbons (Fsp3) is 0.200. The highest BCUT2D eigenvalue weighted by atomic mass is 35.5. The zero-order chi connectivity index (χ0) is 26.3. The first-order chi connectivity index (χ1) is 17.0. The highest BCUT2D eigenvalue weighted by Crippen LogP contribution is 2.45. The van der Waals surface area contributed by atoms with Crippen molar-refractivity contribution < 1.29 is 23.9 Å². The van der Waals surface area contributed by atoms with Crippen LogP contribution in [-0.4, -0.2) is 41.2 Å². The largest absolute Gasteiger partial charge is 0.454 e. The number of anilines is 1. The van der Waals surface area contributed by atoms with Gasteiger partial charge in [-0.2, -0.15) is 0 Å². The Morgan fingerprint density at radius 2 is 1.42 bits per heavy atom. The molecular weight excluding hydrogens is 550 g/mol. The van der Waals surface area contributed by atoms with Gasteiger partial charge in [0.15, 0.2) is 6.61 Å². The van der Waals surface area contributed by atoms with Crippen molar-refractivity contribution in [2.75, 3.05) is 11.9 Å². The zero-order valence-electron chi connectivity index (χ0n) is 18.9. The van der Waals surface area contributed by atoms with Gasteiger partial charge in [-0.05, 0) is 17.4 Å². The Bertz CT molecular complexity index is 1390. The van der Waals surface area contributed by atoms with Gasteiger partial charge in [-0.1, -0.05) is 96.6 Å². The summed E-state index contributed by atoms with van der Waals surface area (Å²) in [5.74, 6) is -3.83. The Hall–Kier alpha value is -2.84. The molecule has 0 bridgehead atoms. The van der Waals surface area contributed by atoms with Gasteiger partial charge in [0.1, 0.15) is 6.04 Å². The van der Waals surface area contributed by atoms with Crippen LogP contribution in [0.25, 0.3) is 10.8 Å². The molecule has 1 heterocycles. The van der Waals surface area contributed by atoms with Gasteiger partial charge in [0.25, 0.3) is 17.7 Å². The molecule has 0 saturated heterocycles. The van der Waals surface area contributed by atoms with E-state index in [4.69, 9.17) is 51.1 Å². The number of carbonyl (C=O) groups is 4. The number of rotatable bonds is 6. The van der Waals surface area contributed by atoms with Gasteiger partial charge in [0.2, 0.25) is 0 Å². The minimum absolute atomic E-state index is 0.182. The summed E-state index contributed by atoms with van der Waals surface area (Å²) < 4.78 is 5.21. The molecule has 0 spiro atoms. The van der Waals surface area contributed by atoms with E-state index in [1.54, 1.807) is 26.0 Å². The molecule has 0 saturated carbocycles. The van der Waals surface area contributed by atoms with Gasteiger partial charge >= 0.3 is 5.97 Å². The van der Waals surface area contributed by atoms with Crippen LogP contribution in [0.2, 0.25) is 20.1 Å². The number of fused-ring (bicyclic) bond motifs is 2. The lowest BCUT2D eigenvalue weighted by molar-refractivity contribution is -0.152. The monoisotopic (exact) mass is 566 g/mol. The van der Waals surface area contributed by atoms with Crippen LogP contribution in [0, 0.1) is 5.92 Å². The predicted octanol–water partition coefficient (Wildman–Crippen LogP) is 6.26. The summed E-state index contributed by atoms with van der Waals surface area (Å²) in [7, 11) is 0. The van der Waals surface area contributed by atoms with Gasteiger partial charge in [0, 0.05) is 11.1 Å². The zero-order valence-corrected chi connectivity index (χ0v) is 21.9. The molecule has 36 heavy (non-hydrogen) atoms. The summed E-state index contributed by atoms with van der Waals surface area (Å²) in [6.07, 6.45) is 0. The molecule has 1 aliphatic rings. The molecule has 3 amide bonds. The van der Waals surface area contributed by atoms with Crippen molar-refractivity contribution in [3.63, 3.8) is 0 Å². The molecule has 3 aromatic rings. The lowest BCUT2D eigenvalue weighted by Crippen LogP contribution is -2.49. The van der Waals surface area contributed by atoms with Crippen molar-refractivity contribution in [2.24, 2.45) is 5.92 Å². The van der Waals surface area contributed by atoms with Crippen molar-refractivity contribution in [2.45, 2.75) is 19.9 Å². The van der Waals surface area contributed by atoms with E-state index < -0.39 is 42.3 Å². The molecule has 3 aromatic carbocycles. The summed E-state index contributed by atoms with van der Waals surface area (Å²) in [5, 5.41) is 3.60. The number of esters is 1. The quantitative estimate of drug-likeness (QED) is 0.164. The number of carbonyl (C=O) groups excluding carboxylic acids is 4. The standard InChI is InChI=1S/C25H18Cl4N2O5/c1-11(2)22(31-23(33)16-17(24(31)34)19(27)21(29)20(28)18(16)26)25(35)36-10-15(32)30-14-9-5-7-12-6-3-4-8-13(12)14/h3-9,11,22H,10H2,1-2H3,(H,30,32)/t22-/m0/s1. The van der Waals surface area contributed by atoms with Crippen molar-refractivity contribution in [3.8, 4) is 0 Å². The molecular formula is C25H18Cl4N2O5. The molecule has 11 heteroatoms. The number of nitrogens with one attached hydrogen (secondary N) is 1. The molecule has 0 aromatic heterocycles. The molecule has 7 nitrogen and oxygen atoms in total. The summed E-state index contributed by atoms with van der Waals surface area (Å²) in [6.45, 7) is 2.61. The number of hydrogen-bond donors (Lipinski definition) is 1. The number of hydrogen-bond acceptors (Lipinski definition) is 5. The second-order valence-electron chi connectivity index (χ2n) is 8.36. The van der Waals surface area contributed by atoms with E-state index in [1.165, 1.54) is 0 Å². The number of benzene rings is 3. The normalized spacial score (nSPS) is 13.8. The van der Waals surface area contributed by atoms with Crippen LogP contribution < -0.4 is 5.32 Å². The second kappa shape index (κ2) is 10.3. The van der Waals surface area contributed by atoms with Crippen molar-refractivity contribution in [1.82, 2.24) is 4.90 Å². The van der Waals surface area contributed by atoms with Crippen LogP contribution in [0.15, 0.2) is 42.5 Å². The van der Waals surface area contributed by atoms with Crippen molar-refractivity contribution in [1.29, 1.82) is 0 Å². The smallest absolute Gasteiger partial charge is 0.330 e. The number of ether oxygens (including phenoxy) is 1. The molecule has 186 valence electrons. The SMILES string of the molecule is CC(C)[C@@H](C(=O)OCC(=O)Nc1cccc2ccccc12)N1C(=O)c2c(Cl)c(Cl)c(Cl)c(Cl)c2C1=O. The van der Waals surface area contributed by atoms with Crippen molar-refractivity contribution >= 4 is 86.6 Å².